The fourth-order valence-electron chi connectivity index (χ4n) is 5.03. The Morgan fingerprint density at radius 3 is 2.43 bits per heavy atom. The van der Waals surface area contributed by atoms with Gasteiger partial charge in [-0.3, -0.25) is 4.79 Å². The highest BCUT2D eigenvalue weighted by molar-refractivity contribution is 7.80. The van der Waals surface area contributed by atoms with E-state index in [0.29, 0.717) is 23.5 Å². The lowest BCUT2D eigenvalue weighted by molar-refractivity contribution is -0.138. The van der Waals surface area contributed by atoms with Gasteiger partial charge in [0, 0.05) is 43.3 Å². The molecule has 0 saturated heterocycles. The predicted octanol–water partition coefficient (Wildman–Crippen LogP) is 7.10. The monoisotopic (exact) mass is 646 g/mol. The maximum absolute atomic E-state index is 13.9. The number of hydrogen-bond acceptors (Lipinski definition) is 4. The third-order valence-corrected chi connectivity index (χ3v) is 8.30. The lowest BCUT2D eigenvalue weighted by Crippen LogP contribution is -2.50. The molecule has 46 heavy (non-hydrogen) atoms. The first-order valence-corrected chi connectivity index (χ1v) is 15.4. The number of hydrogen-bond donors (Lipinski definition) is 2. The Balaban J connectivity index is 1.54. The second kappa shape index (κ2) is 15.5. The van der Waals surface area contributed by atoms with Crippen molar-refractivity contribution in [1.29, 1.82) is 5.26 Å². The standard InChI is InChI=1S/C35H37F3N6OS/c1-4-25(3)32(42-33(45)17-30-19-40-23-44(30)20-27-13-11-26(18-39)12-14-27)22-43(34(46)41-29-15-9-24(2)10-16-29)21-28-7-5-6-8-31(28)35(36,37)38/h5-16,19,23,25,32H,4,17,20-22H2,1-3H3,(H,41,46)(H,42,45)/t25-,32+/m0/s1. The lowest BCUT2D eigenvalue weighted by Gasteiger charge is -2.34. The van der Waals surface area contributed by atoms with Gasteiger partial charge < -0.3 is 20.1 Å². The third-order valence-electron chi connectivity index (χ3n) is 7.94. The van der Waals surface area contributed by atoms with Crippen LogP contribution >= 0.6 is 12.2 Å². The summed E-state index contributed by atoms with van der Waals surface area (Å²) in [5.41, 5.74) is 3.36. The zero-order chi connectivity index (χ0) is 33.3. The van der Waals surface area contributed by atoms with Crippen molar-refractivity contribution in [2.75, 3.05) is 11.9 Å². The van der Waals surface area contributed by atoms with Crippen LogP contribution in [0.3, 0.4) is 0 Å². The Morgan fingerprint density at radius 1 is 1.09 bits per heavy atom. The number of aromatic nitrogens is 2. The van der Waals surface area contributed by atoms with Crippen LogP contribution in [0.4, 0.5) is 18.9 Å². The number of nitrogens with one attached hydrogen (secondary N) is 2. The van der Waals surface area contributed by atoms with Crippen LogP contribution < -0.4 is 10.6 Å². The molecule has 0 fully saturated rings. The number of nitrogens with zero attached hydrogens (tertiary/aromatic N) is 4. The van der Waals surface area contributed by atoms with E-state index in [0.717, 1.165) is 23.6 Å². The van der Waals surface area contributed by atoms with Crippen molar-refractivity contribution in [1.82, 2.24) is 19.8 Å². The Hall–Kier alpha value is -4.69. The number of alkyl halides is 3. The van der Waals surface area contributed by atoms with Gasteiger partial charge in [-0.25, -0.2) is 4.98 Å². The summed E-state index contributed by atoms with van der Waals surface area (Å²) >= 11 is 5.76. The van der Waals surface area contributed by atoms with Crippen LogP contribution in [0.25, 0.3) is 0 Å². The number of rotatable bonds is 12. The van der Waals surface area contributed by atoms with Gasteiger partial charge in [-0.15, -0.1) is 0 Å². The molecular weight excluding hydrogens is 609 g/mol. The molecule has 2 N–H and O–H groups in total. The Kier molecular flexibility index (Phi) is 11.6. The molecule has 1 amide bonds. The molecular formula is C35H37F3N6OS. The second-order valence-corrected chi connectivity index (χ2v) is 11.8. The van der Waals surface area contributed by atoms with Gasteiger partial charge in [0.15, 0.2) is 5.11 Å². The van der Waals surface area contributed by atoms with Gasteiger partial charge >= 0.3 is 6.18 Å². The van der Waals surface area contributed by atoms with Gasteiger partial charge in [-0.2, -0.15) is 18.4 Å². The predicted molar refractivity (Wildman–Crippen MR) is 177 cm³/mol. The smallest absolute Gasteiger partial charge is 0.351 e. The molecule has 4 rings (SSSR count). The van der Waals surface area contributed by atoms with Crippen LogP contribution in [0, 0.1) is 24.2 Å². The summed E-state index contributed by atoms with van der Waals surface area (Å²) in [4.78, 5) is 19.4. The van der Waals surface area contributed by atoms with E-state index in [-0.39, 0.29) is 42.0 Å². The summed E-state index contributed by atoms with van der Waals surface area (Å²) < 4.78 is 43.7. The number of anilines is 1. The van der Waals surface area contributed by atoms with E-state index in [9.17, 15) is 18.0 Å². The molecule has 3 aromatic carbocycles. The number of halogens is 3. The number of imidazole rings is 1. The van der Waals surface area contributed by atoms with Crippen molar-refractivity contribution in [2.24, 2.45) is 5.92 Å². The molecule has 240 valence electrons. The molecule has 0 aliphatic carbocycles. The highest BCUT2D eigenvalue weighted by atomic mass is 32.1. The maximum atomic E-state index is 13.9. The zero-order valence-electron chi connectivity index (χ0n) is 26.0. The molecule has 11 heteroatoms. The fraction of sp³-hybridized carbons (Fsp3) is 0.314. The molecule has 2 atom stereocenters. The summed E-state index contributed by atoms with van der Waals surface area (Å²) in [6, 6.07) is 21.9. The molecule has 1 aromatic heterocycles. The molecule has 0 bridgehead atoms. The molecule has 0 unspecified atom stereocenters. The second-order valence-electron chi connectivity index (χ2n) is 11.4. The van der Waals surface area contributed by atoms with E-state index >= 15 is 0 Å². The molecule has 0 radical (unpaired) electrons. The minimum atomic E-state index is -4.53. The van der Waals surface area contributed by atoms with E-state index in [1.54, 1.807) is 35.6 Å². The van der Waals surface area contributed by atoms with E-state index < -0.39 is 17.8 Å². The topological polar surface area (TPSA) is 86.0 Å². The largest absolute Gasteiger partial charge is 0.416 e. The minimum Gasteiger partial charge on any atom is -0.351 e. The number of benzene rings is 3. The summed E-state index contributed by atoms with van der Waals surface area (Å²) in [5.74, 6) is -0.241. The Labute approximate surface area is 273 Å². The number of thiocarbonyl (C=S) groups is 1. The summed E-state index contributed by atoms with van der Waals surface area (Å²) in [7, 11) is 0. The van der Waals surface area contributed by atoms with Crippen molar-refractivity contribution in [2.45, 2.75) is 58.9 Å². The average Bonchev–Trinajstić information content (AvgIpc) is 3.46. The summed E-state index contributed by atoms with van der Waals surface area (Å²) in [6.45, 7) is 6.53. The maximum Gasteiger partial charge on any atom is 0.416 e. The first-order chi connectivity index (χ1) is 22.0. The molecule has 0 saturated carbocycles. The number of carbonyl (C=O) groups is 1. The average molecular weight is 647 g/mol. The van der Waals surface area contributed by atoms with Gasteiger partial charge in [0.25, 0.3) is 0 Å². The molecule has 1 heterocycles. The van der Waals surface area contributed by atoms with Gasteiger partial charge in [-0.05, 0) is 66.5 Å². The highest BCUT2D eigenvalue weighted by Gasteiger charge is 2.34. The van der Waals surface area contributed by atoms with E-state index in [1.807, 2.05) is 61.7 Å². The minimum absolute atomic E-state index is 0.00459. The van der Waals surface area contributed by atoms with Crippen molar-refractivity contribution < 1.29 is 18.0 Å². The Bertz CT molecular complexity index is 1660. The number of amides is 1. The number of carbonyl (C=O) groups excluding carboxylic acids is 1. The number of nitriles is 1. The van der Waals surface area contributed by atoms with Crippen LogP contribution in [-0.2, 0) is 30.5 Å². The van der Waals surface area contributed by atoms with Gasteiger partial charge in [-0.1, -0.05) is 68.3 Å². The van der Waals surface area contributed by atoms with E-state index in [2.05, 4.69) is 21.7 Å². The SMILES string of the molecule is CC[C@H](C)[C@@H](CN(Cc1ccccc1C(F)(F)F)C(=S)Nc1ccc(C)cc1)NC(=O)Cc1cncn1Cc1ccc(C#N)cc1. The molecule has 7 nitrogen and oxygen atoms in total. The molecule has 0 aliphatic heterocycles. The fourth-order valence-corrected chi connectivity index (χ4v) is 5.29. The van der Waals surface area contributed by atoms with Crippen LogP contribution in [0.1, 0.15) is 53.8 Å². The van der Waals surface area contributed by atoms with Crippen molar-refractivity contribution in [3.05, 3.63) is 119 Å². The van der Waals surface area contributed by atoms with Gasteiger partial charge in [0.2, 0.25) is 5.91 Å². The molecule has 4 aromatic rings. The van der Waals surface area contributed by atoms with Crippen molar-refractivity contribution in [3.63, 3.8) is 0 Å². The van der Waals surface area contributed by atoms with Crippen molar-refractivity contribution >= 4 is 28.9 Å². The normalized spacial score (nSPS) is 12.5. The molecule has 0 spiro atoms. The van der Waals surface area contributed by atoms with E-state index in [1.165, 1.54) is 12.1 Å². The van der Waals surface area contributed by atoms with Crippen LogP contribution in [0.5, 0.6) is 0 Å². The van der Waals surface area contributed by atoms with Gasteiger partial charge in [0.1, 0.15) is 0 Å². The summed E-state index contributed by atoms with van der Waals surface area (Å²) in [6.07, 6.45) is -0.442. The third kappa shape index (κ3) is 9.41. The van der Waals surface area contributed by atoms with Gasteiger partial charge in [0.05, 0.1) is 29.9 Å². The molecule has 0 aliphatic rings. The lowest BCUT2D eigenvalue weighted by atomic mass is 9.97. The van der Waals surface area contributed by atoms with Crippen LogP contribution in [-0.4, -0.2) is 38.1 Å². The summed E-state index contributed by atoms with van der Waals surface area (Å²) in [5, 5.41) is 15.6. The number of aryl methyl sites for hydroxylation is 1. The quantitative estimate of drug-likeness (QED) is 0.160. The first kappa shape index (κ1) is 34.2. The van der Waals surface area contributed by atoms with Crippen molar-refractivity contribution in [3.8, 4) is 6.07 Å². The van der Waals surface area contributed by atoms with Crippen LogP contribution in [0.15, 0.2) is 85.3 Å². The first-order valence-electron chi connectivity index (χ1n) is 15.0. The zero-order valence-corrected chi connectivity index (χ0v) is 26.8. The van der Waals surface area contributed by atoms with Crippen LogP contribution in [0.2, 0.25) is 0 Å². The highest BCUT2D eigenvalue weighted by Crippen LogP contribution is 2.32. The van der Waals surface area contributed by atoms with E-state index in [4.69, 9.17) is 17.5 Å². The Morgan fingerprint density at radius 2 is 1.78 bits per heavy atom.